The minimum Gasteiger partial charge on any atom is -0.483 e. The lowest BCUT2D eigenvalue weighted by atomic mass is 10.0. The average Bonchev–Trinajstić information content (AvgIpc) is 1.97. The van der Waals surface area contributed by atoms with Gasteiger partial charge in [0.2, 0.25) is 0 Å². The van der Waals surface area contributed by atoms with Gasteiger partial charge >= 0.3 is 6.09 Å². The average molecular weight is 235 g/mol. The van der Waals surface area contributed by atoms with Gasteiger partial charge in [-0.15, -0.1) is 0 Å². The highest BCUT2D eigenvalue weighted by atomic mass is 19.1. The fraction of sp³-hybridized carbons (Fsp3) is 0.800. The van der Waals surface area contributed by atoms with E-state index >= 15 is 0 Å². The van der Waals surface area contributed by atoms with Crippen LogP contribution in [0.25, 0.3) is 0 Å². The smallest absolute Gasteiger partial charge is 0.410 e. The van der Waals surface area contributed by atoms with Crippen molar-refractivity contribution in [3.63, 3.8) is 0 Å². The van der Waals surface area contributed by atoms with Crippen LogP contribution in [0.15, 0.2) is 0 Å². The highest BCUT2D eigenvalue weighted by Gasteiger charge is 2.43. The maximum Gasteiger partial charge on any atom is 0.410 e. The van der Waals surface area contributed by atoms with E-state index in [0.29, 0.717) is 0 Å². The fourth-order valence-electron chi connectivity index (χ4n) is 1.21. The Morgan fingerprint density at radius 3 is 2.12 bits per heavy atom. The van der Waals surface area contributed by atoms with Gasteiger partial charge in [0.25, 0.3) is 6.47 Å². The molecule has 6 heteroatoms. The highest BCUT2D eigenvalue weighted by molar-refractivity contribution is 5.69. The normalized spacial score (nSPS) is 17.7. The third kappa shape index (κ3) is 5.53. The Hall–Kier alpha value is -1.33. The molecule has 0 aromatic heterocycles. The summed E-state index contributed by atoms with van der Waals surface area (Å²) in [4.78, 5) is 21.0. The molecule has 1 rings (SSSR count). The van der Waals surface area contributed by atoms with Crippen LogP contribution in [0.2, 0.25) is 0 Å². The molecule has 1 aliphatic rings. The van der Waals surface area contributed by atoms with E-state index in [9.17, 15) is 9.18 Å². The van der Waals surface area contributed by atoms with Crippen LogP contribution in [-0.2, 0) is 9.53 Å². The van der Waals surface area contributed by atoms with Crippen molar-refractivity contribution in [2.75, 3.05) is 13.1 Å². The first-order chi connectivity index (χ1) is 7.11. The van der Waals surface area contributed by atoms with Crippen LogP contribution < -0.4 is 0 Å². The zero-order chi connectivity index (χ0) is 13.0. The number of likely N-dealkylation sites (tertiary alicyclic amines) is 1. The van der Waals surface area contributed by atoms with Gasteiger partial charge < -0.3 is 14.7 Å². The molecular weight excluding hydrogens is 217 g/mol. The van der Waals surface area contributed by atoms with E-state index < -0.39 is 17.4 Å². The molecule has 1 saturated heterocycles. The minimum absolute atomic E-state index is 0.141. The van der Waals surface area contributed by atoms with Crippen molar-refractivity contribution < 1.29 is 23.8 Å². The molecule has 1 heterocycles. The summed E-state index contributed by atoms with van der Waals surface area (Å²) < 4.78 is 18.1. The molecule has 0 saturated carbocycles. The largest absolute Gasteiger partial charge is 0.483 e. The third-order valence-electron chi connectivity index (χ3n) is 1.69. The molecule has 0 bridgehead atoms. The van der Waals surface area contributed by atoms with Crippen LogP contribution >= 0.6 is 0 Å². The number of rotatable bonds is 0. The summed E-state index contributed by atoms with van der Waals surface area (Å²) in [6, 6.07) is 0. The van der Waals surface area contributed by atoms with Gasteiger partial charge in [-0.25, -0.2) is 9.18 Å². The zero-order valence-electron chi connectivity index (χ0n) is 9.99. The van der Waals surface area contributed by atoms with Crippen molar-refractivity contribution in [3.8, 4) is 0 Å². The predicted molar refractivity (Wildman–Crippen MR) is 56.0 cm³/mol. The molecule has 0 spiro atoms. The molecule has 0 aromatic carbocycles. The molecule has 1 N–H and O–H groups in total. The van der Waals surface area contributed by atoms with E-state index in [4.69, 9.17) is 14.6 Å². The van der Waals surface area contributed by atoms with Crippen molar-refractivity contribution in [2.24, 2.45) is 0 Å². The summed E-state index contributed by atoms with van der Waals surface area (Å²) in [6.45, 7) is 6.88. The van der Waals surface area contributed by atoms with Crippen molar-refractivity contribution in [2.45, 2.75) is 39.0 Å². The Morgan fingerprint density at radius 1 is 1.50 bits per heavy atom. The molecule has 1 fully saturated rings. The number of ether oxygens (including phenoxy) is 1. The van der Waals surface area contributed by atoms with Crippen LogP contribution in [0, 0.1) is 0 Å². The zero-order valence-corrected chi connectivity index (χ0v) is 9.99. The summed E-state index contributed by atoms with van der Waals surface area (Å²) in [6.07, 6.45) is -0.428. The van der Waals surface area contributed by atoms with Gasteiger partial charge in [0.05, 0.1) is 13.1 Å². The van der Waals surface area contributed by atoms with Crippen molar-refractivity contribution in [3.05, 3.63) is 0 Å². The van der Waals surface area contributed by atoms with Gasteiger partial charge in [0.15, 0.2) is 0 Å². The lowest BCUT2D eigenvalue weighted by Gasteiger charge is -2.42. The van der Waals surface area contributed by atoms with Gasteiger partial charge in [-0.05, 0) is 27.7 Å². The molecule has 16 heavy (non-hydrogen) atoms. The number of carbonyl (C=O) groups excluding carboxylic acids is 1. The minimum atomic E-state index is -1.23. The number of nitrogens with zero attached hydrogens (tertiary/aromatic N) is 1. The second-order valence-electron chi connectivity index (χ2n) is 4.86. The van der Waals surface area contributed by atoms with E-state index in [1.54, 1.807) is 20.8 Å². The first-order valence-electron chi connectivity index (χ1n) is 4.86. The first-order valence-corrected chi connectivity index (χ1v) is 4.86. The number of amides is 1. The summed E-state index contributed by atoms with van der Waals surface area (Å²) in [7, 11) is 0. The Labute approximate surface area is 94.2 Å². The molecule has 0 aromatic rings. The lowest BCUT2D eigenvalue weighted by molar-refractivity contribution is -0.122. The van der Waals surface area contributed by atoms with Crippen molar-refractivity contribution in [1.29, 1.82) is 0 Å². The number of hydrogen-bond donors (Lipinski definition) is 1. The number of halogens is 1. The van der Waals surface area contributed by atoms with Gasteiger partial charge in [-0.3, -0.25) is 4.79 Å². The van der Waals surface area contributed by atoms with E-state index in [-0.39, 0.29) is 19.6 Å². The summed E-state index contributed by atoms with van der Waals surface area (Å²) in [5.74, 6) is 0. The second kappa shape index (κ2) is 5.14. The maximum absolute atomic E-state index is 13.0. The number of carbonyl (C=O) groups is 2. The predicted octanol–water partition coefficient (Wildman–Crippen LogP) is 1.67. The molecule has 1 amide bonds. The molecule has 94 valence electrons. The van der Waals surface area contributed by atoms with Gasteiger partial charge in [-0.1, -0.05) is 0 Å². The third-order valence-corrected chi connectivity index (χ3v) is 1.69. The SMILES string of the molecule is CC1(F)CN(C(=O)OC(C)(C)C)C1.O=CO. The molecule has 1 aliphatic heterocycles. The van der Waals surface area contributed by atoms with Crippen LogP contribution in [0.5, 0.6) is 0 Å². The molecule has 0 unspecified atom stereocenters. The second-order valence-corrected chi connectivity index (χ2v) is 4.86. The summed E-state index contributed by atoms with van der Waals surface area (Å²) in [5, 5.41) is 6.89. The number of alkyl halides is 1. The van der Waals surface area contributed by atoms with E-state index in [0.717, 1.165) is 0 Å². The molecule has 5 nitrogen and oxygen atoms in total. The van der Waals surface area contributed by atoms with Crippen molar-refractivity contribution in [1.82, 2.24) is 4.90 Å². The maximum atomic E-state index is 13.0. The van der Waals surface area contributed by atoms with Gasteiger partial charge in [0.1, 0.15) is 11.3 Å². The topological polar surface area (TPSA) is 66.8 Å². The standard InChI is InChI=1S/C9H16FNO2.CH2O2/c1-8(2,3)13-7(12)11-5-9(4,10)6-11;2-1-3/h5-6H2,1-4H3;1H,(H,2,3). The number of carboxylic acid groups (broad SMARTS) is 1. The Bertz CT molecular complexity index is 252. The quantitative estimate of drug-likeness (QED) is 0.648. The van der Waals surface area contributed by atoms with Crippen LogP contribution in [0.4, 0.5) is 9.18 Å². The molecule has 0 atom stereocenters. The number of hydrogen-bond acceptors (Lipinski definition) is 3. The van der Waals surface area contributed by atoms with Crippen LogP contribution in [-0.4, -0.2) is 46.9 Å². The summed E-state index contributed by atoms with van der Waals surface area (Å²) in [5.41, 5.74) is -1.73. The summed E-state index contributed by atoms with van der Waals surface area (Å²) >= 11 is 0. The fourth-order valence-corrected chi connectivity index (χ4v) is 1.21. The highest BCUT2D eigenvalue weighted by Crippen LogP contribution is 2.25. The first kappa shape index (κ1) is 14.7. The van der Waals surface area contributed by atoms with Crippen molar-refractivity contribution >= 4 is 12.6 Å². The monoisotopic (exact) mass is 235 g/mol. The van der Waals surface area contributed by atoms with E-state index in [1.165, 1.54) is 11.8 Å². The van der Waals surface area contributed by atoms with E-state index in [2.05, 4.69) is 0 Å². The Kier molecular flexibility index (Phi) is 4.71. The molecule has 0 radical (unpaired) electrons. The van der Waals surface area contributed by atoms with Crippen LogP contribution in [0.1, 0.15) is 27.7 Å². The molecular formula is C10H18FNO4. The molecule has 0 aliphatic carbocycles. The van der Waals surface area contributed by atoms with Crippen LogP contribution in [0.3, 0.4) is 0 Å². The Balaban J connectivity index is 0.000000673. The van der Waals surface area contributed by atoms with E-state index in [1.807, 2.05) is 0 Å². The lowest BCUT2D eigenvalue weighted by Crippen LogP contribution is -2.60. The Morgan fingerprint density at radius 2 is 1.88 bits per heavy atom. The van der Waals surface area contributed by atoms with Gasteiger partial charge in [-0.2, -0.15) is 0 Å². The van der Waals surface area contributed by atoms with Gasteiger partial charge in [0, 0.05) is 0 Å².